The van der Waals surface area contributed by atoms with E-state index in [0.29, 0.717) is 12.1 Å². The summed E-state index contributed by atoms with van der Waals surface area (Å²) < 4.78 is 0. The van der Waals surface area contributed by atoms with Gasteiger partial charge in [0.05, 0.1) is 10.3 Å². The molecular weight excluding hydrogens is 396 g/mol. The summed E-state index contributed by atoms with van der Waals surface area (Å²) in [6.07, 6.45) is 5.13. The Morgan fingerprint density at radius 3 is 2.70 bits per heavy atom. The van der Waals surface area contributed by atoms with Gasteiger partial charge in [-0.15, -0.1) is 11.3 Å². The molecule has 0 saturated heterocycles. The smallest absolute Gasteiger partial charge is 0.271 e. The van der Waals surface area contributed by atoms with Crippen molar-refractivity contribution in [2.24, 2.45) is 0 Å². The van der Waals surface area contributed by atoms with E-state index in [2.05, 4.69) is 17.4 Å². The van der Waals surface area contributed by atoms with E-state index in [-0.39, 0.29) is 10.6 Å². The van der Waals surface area contributed by atoms with Gasteiger partial charge in [0.2, 0.25) is 0 Å². The number of fused-ring (bicyclic) bond motifs is 3. The first-order chi connectivity index (χ1) is 14.7. The van der Waals surface area contributed by atoms with Crippen LogP contribution in [-0.4, -0.2) is 14.9 Å². The summed E-state index contributed by atoms with van der Waals surface area (Å²) in [7, 11) is 0. The molecule has 1 N–H and O–H groups in total. The fraction of sp³-hybridized carbons (Fsp3) is 0.217. The van der Waals surface area contributed by atoms with Crippen molar-refractivity contribution in [2.75, 3.05) is 5.32 Å². The standard InChI is InChI=1S/C23H20N4O2S/c28-27(29)17-10-6-9-16(14-17)24-22-21-18-11-4-5-12-19(18)30-23(21)26-20(25-22)13-15-7-2-1-3-8-15/h1-3,6-10,14H,4-5,11-13H2,(H,24,25,26). The highest BCUT2D eigenvalue weighted by Crippen LogP contribution is 2.39. The Balaban J connectivity index is 1.61. The van der Waals surface area contributed by atoms with Crippen molar-refractivity contribution in [1.82, 2.24) is 9.97 Å². The van der Waals surface area contributed by atoms with Crippen molar-refractivity contribution in [3.63, 3.8) is 0 Å². The average molecular weight is 417 g/mol. The molecular formula is C23H20N4O2S. The van der Waals surface area contributed by atoms with Crippen molar-refractivity contribution in [2.45, 2.75) is 32.1 Å². The maximum absolute atomic E-state index is 11.2. The number of nitrogens with one attached hydrogen (secondary N) is 1. The molecule has 0 bridgehead atoms. The SMILES string of the molecule is O=[N+]([O-])c1cccc(Nc2nc(Cc3ccccc3)nc3sc4c(c23)CCCC4)c1. The van der Waals surface area contributed by atoms with Gasteiger partial charge >= 0.3 is 0 Å². The van der Waals surface area contributed by atoms with Crippen LogP contribution >= 0.6 is 11.3 Å². The molecule has 0 spiro atoms. The molecule has 7 heteroatoms. The lowest BCUT2D eigenvalue weighted by Gasteiger charge is -2.13. The molecule has 150 valence electrons. The van der Waals surface area contributed by atoms with Crippen LogP contribution in [0.1, 0.15) is 34.7 Å². The number of aromatic nitrogens is 2. The Labute approximate surface area is 177 Å². The van der Waals surface area contributed by atoms with E-state index >= 15 is 0 Å². The molecule has 0 radical (unpaired) electrons. The zero-order valence-electron chi connectivity index (χ0n) is 16.3. The van der Waals surface area contributed by atoms with Gasteiger partial charge in [-0.05, 0) is 42.9 Å². The van der Waals surface area contributed by atoms with E-state index in [1.807, 2.05) is 24.3 Å². The van der Waals surface area contributed by atoms with E-state index in [4.69, 9.17) is 9.97 Å². The highest BCUT2D eigenvalue weighted by Gasteiger charge is 2.21. The third-order valence-corrected chi connectivity index (χ3v) is 6.57. The molecule has 0 atom stereocenters. The summed E-state index contributed by atoms with van der Waals surface area (Å²) in [6, 6.07) is 16.7. The molecule has 2 aromatic heterocycles. The summed E-state index contributed by atoms with van der Waals surface area (Å²) >= 11 is 1.76. The number of rotatable bonds is 5. The van der Waals surface area contributed by atoms with Crippen molar-refractivity contribution in [1.29, 1.82) is 0 Å². The largest absolute Gasteiger partial charge is 0.339 e. The summed E-state index contributed by atoms with van der Waals surface area (Å²) in [5.74, 6) is 1.49. The predicted octanol–water partition coefficient (Wildman–Crippen LogP) is 5.81. The average Bonchev–Trinajstić information content (AvgIpc) is 3.13. The summed E-state index contributed by atoms with van der Waals surface area (Å²) in [5, 5.41) is 15.6. The second-order valence-corrected chi connectivity index (χ2v) is 8.56. The minimum absolute atomic E-state index is 0.0576. The number of benzene rings is 2. The summed E-state index contributed by atoms with van der Waals surface area (Å²) in [4.78, 5) is 22.9. The van der Waals surface area contributed by atoms with Gasteiger partial charge in [-0.3, -0.25) is 10.1 Å². The van der Waals surface area contributed by atoms with Crippen LogP contribution < -0.4 is 5.32 Å². The van der Waals surface area contributed by atoms with Gasteiger partial charge in [-0.1, -0.05) is 36.4 Å². The lowest BCUT2D eigenvalue weighted by atomic mass is 9.97. The van der Waals surface area contributed by atoms with Gasteiger partial charge in [0.15, 0.2) is 0 Å². The van der Waals surface area contributed by atoms with Crippen LogP contribution in [0, 0.1) is 10.1 Å². The van der Waals surface area contributed by atoms with Gasteiger partial charge in [0.25, 0.3) is 5.69 Å². The van der Waals surface area contributed by atoms with Crippen LogP contribution in [0.5, 0.6) is 0 Å². The number of nitrogens with zero attached hydrogens (tertiary/aromatic N) is 3. The quantitative estimate of drug-likeness (QED) is 0.328. The first-order valence-corrected chi connectivity index (χ1v) is 10.9. The first kappa shape index (κ1) is 18.7. The minimum atomic E-state index is -0.381. The Bertz CT molecular complexity index is 1240. The molecule has 30 heavy (non-hydrogen) atoms. The summed E-state index contributed by atoms with van der Waals surface area (Å²) in [6.45, 7) is 0. The maximum Gasteiger partial charge on any atom is 0.271 e. The van der Waals surface area contributed by atoms with Crippen molar-refractivity contribution < 1.29 is 4.92 Å². The molecule has 5 rings (SSSR count). The zero-order valence-corrected chi connectivity index (χ0v) is 17.1. The number of hydrogen-bond donors (Lipinski definition) is 1. The molecule has 0 fully saturated rings. The van der Waals surface area contributed by atoms with Crippen LogP contribution in [0.25, 0.3) is 10.2 Å². The second-order valence-electron chi connectivity index (χ2n) is 7.47. The van der Waals surface area contributed by atoms with E-state index in [1.165, 1.54) is 29.3 Å². The topological polar surface area (TPSA) is 81.0 Å². The minimum Gasteiger partial charge on any atom is -0.339 e. The van der Waals surface area contributed by atoms with Crippen LogP contribution in [-0.2, 0) is 19.3 Å². The van der Waals surface area contributed by atoms with E-state index in [9.17, 15) is 10.1 Å². The fourth-order valence-electron chi connectivity index (χ4n) is 3.98. The molecule has 2 aromatic carbocycles. The molecule has 6 nitrogen and oxygen atoms in total. The lowest BCUT2D eigenvalue weighted by molar-refractivity contribution is -0.384. The van der Waals surface area contributed by atoms with Crippen LogP contribution in [0.15, 0.2) is 54.6 Å². The molecule has 0 unspecified atom stereocenters. The fourth-order valence-corrected chi connectivity index (χ4v) is 5.26. The highest BCUT2D eigenvalue weighted by atomic mass is 32.1. The molecule has 2 heterocycles. The van der Waals surface area contributed by atoms with Crippen molar-refractivity contribution in [3.8, 4) is 0 Å². The van der Waals surface area contributed by atoms with Crippen LogP contribution in [0.2, 0.25) is 0 Å². The normalized spacial score (nSPS) is 13.2. The van der Waals surface area contributed by atoms with Gasteiger partial charge in [0, 0.05) is 29.1 Å². The number of nitro benzene ring substituents is 1. The third kappa shape index (κ3) is 3.64. The number of non-ortho nitro benzene ring substituents is 1. The molecule has 1 aliphatic carbocycles. The van der Waals surface area contributed by atoms with Crippen LogP contribution in [0.3, 0.4) is 0 Å². The predicted molar refractivity (Wildman–Crippen MR) is 120 cm³/mol. The van der Waals surface area contributed by atoms with Gasteiger partial charge < -0.3 is 5.32 Å². The van der Waals surface area contributed by atoms with Crippen molar-refractivity contribution in [3.05, 3.63) is 86.5 Å². The lowest BCUT2D eigenvalue weighted by Crippen LogP contribution is -2.04. The van der Waals surface area contributed by atoms with E-state index in [0.717, 1.165) is 40.3 Å². The Hall–Kier alpha value is -3.32. The zero-order chi connectivity index (χ0) is 20.5. The Morgan fingerprint density at radius 1 is 1.03 bits per heavy atom. The monoisotopic (exact) mass is 416 g/mol. The Kier molecular flexibility index (Phi) is 4.88. The van der Waals surface area contributed by atoms with E-state index < -0.39 is 0 Å². The van der Waals surface area contributed by atoms with Crippen molar-refractivity contribution >= 4 is 38.7 Å². The Morgan fingerprint density at radius 2 is 1.87 bits per heavy atom. The van der Waals surface area contributed by atoms with Gasteiger partial charge in [0.1, 0.15) is 16.5 Å². The van der Waals surface area contributed by atoms with Gasteiger partial charge in [-0.2, -0.15) is 0 Å². The summed E-state index contributed by atoms with van der Waals surface area (Å²) in [5.41, 5.74) is 3.20. The molecule has 0 aliphatic heterocycles. The molecule has 0 saturated carbocycles. The number of nitro groups is 1. The van der Waals surface area contributed by atoms with E-state index in [1.54, 1.807) is 23.5 Å². The number of hydrogen-bond acceptors (Lipinski definition) is 6. The van der Waals surface area contributed by atoms with Gasteiger partial charge in [-0.25, -0.2) is 9.97 Å². The second kappa shape index (κ2) is 7.84. The van der Waals surface area contributed by atoms with Crippen LogP contribution in [0.4, 0.5) is 17.2 Å². The molecule has 4 aromatic rings. The highest BCUT2D eigenvalue weighted by molar-refractivity contribution is 7.19. The number of thiophene rings is 1. The maximum atomic E-state index is 11.2. The number of anilines is 2. The first-order valence-electron chi connectivity index (χ1n) is 10.0. The molecule has 1 aliphatic rings. The number of aryl methyl sites for hydroxylation is 2. The molecule has 0 amide bonds. The third-order valence-electron chi connectivity index (χ3n) is 5.39.